The molecule has 0 radical (unpaired) electrons. The highest BCUT2D eigenvalue weighted by Crippen LogP contribution is 2.26. The smallest absolute Gasteiger partial charge is 0.254 e. The zero-order valence-electron chi connectivity index (χ0n) is 10.4. The van der Waals surface area contributed by atoms with Gasteiger partial charge in [-0.1, -0.05) is 0 Å². The number of carbonyl (C=O) groups is 1. The molecule has 6 heteroatoms. The summed E-state index contributed by atoms with van der Waals surface area (Å²) in [4.78, 5) is 13.9. The van der Waals surface area contributed by atoms with E-state index in [1.165, 1.54) is 0 Å². The summed E-state index contributed by atoms with van der Waals surface area (Å²) in [6.45, 7) is 1.20. The fraction of sp³-hybridized carbons (Fsp3) is 0.385. The topological polar surface area (TPSA) is 62.6 Å². The Morgan fingerprint density at radius 2 is 2.42 bits per heavy atom. The lowest BCUT2D eigenvalue weighted by molar-refractivity contribution is 0.00346. The Bertz CT molecular complexity index is 527. The number of nitrogens with zero attached hydrogens (tertiary/aromatic N) is 2. The molecule has 0 spiro atoms. The number of rotatable bonds is 2. The van der Waals surface area contributed by atoms with Gasteiger partial charge in [0.1, 0.15) is 5.75 Å². The molecule has 0 bridgehead atoms. The number of morpholine rings is 1. The SMILES string of the molecule is COc1ccc(C(=O)N2CCOC(C#N)C2)cc1Br. The number of ether oxygens (including phenoxy) is 2. The molecule has 1 aromatic carbocycles. The van der Waals surface area contributed by atoms with Crippen LogP contribution in [0.25, 0.3) is 0 Å². The summed E-state index contributed by atoms with van der Waals surface area (Å²) in [6.07, 6.45) is -0.542. The summed E-state index contributed by atoms with van der Waals surface area (Å²) in [6, 6.07) is 7.19. The van der Waals surface area contributed by atoms with Crippen molar-refractivity contribution >= 4 is 21.8 Å². The molecule has 1 amide bonds. The van der Waals surface area contributed by atoms with Gasteiger partial charge in [0, 0.05) is 12.1 Å². The van der Waals surface area contributed by atoms with Crippen molar-refractivity contribution in [3.8, 4) is 11.8 Å². The molecule has 100 valence electrons. The lowest BCUT2D eigenvalue weighted by atomic mass is 10.1. The molecule has 1 unspecified atom stereocenters. The van der Waals surface area contributed by atoms with Crippen molar-refractivity contribution in [2.24, 2.45) is 0 Å². The van der Waals surface area contributed by atoms with E-state index in [1.807, 2.05) is 6.07 Å². The molecule has 0 aromatic heterocycles. The van der Waals surface area contributed by atoms with Crippen LogP contribution in [0.15, 0.2) is 22.7 Å². The van der Waals surface area contributed by atoms with E-state index in [2.05, 4.69) is 15.9 Å². The molecule has 1 heterocycles. The lowest BCUT2D eigenvalue weighted by Gasteiger charge is -2.29. The fourth-order valence-electron chi connectivity index (χ4n) is 1.89. The van der Waals surface area contributed by atoms with Gasteiger partial charge in [0.25, 0.3) is 5.91 Å². The van der Waals surface area contributed by atoms with E-state index < -0.39 is 6.10 Å². The van der Waals surface area contributed by atoms with Crippen LogP contribution in [0.2, 0.25) is 0 Å². The third-order valence-electron chi connectivity index (χ3n) is 2.90. The second-order valence-electron chi connectivity index (χ2n) is 4.09. The zero-order chi connectivity index (χ0) is 13.8. The van der Waals surface area contributed by atoms with E-state index in [9.17, 15) is 4.79 Å². The Kier molecular flexibility index (Phi) is 4.40. The molecule has 1 fully saturated rings. The minimum absolute atomic E-state index is 0.105. The average Bonchev–Trinajstić information content (AvgIpc) is 2.46. The van der Waals surface area contributed by atoms with Crippen molar-refractivity contribution in [1.29, 1.82) is 5.26 Å². The van der Waals surface area contributed by atoms with E-state index in [0.717, 1.165) is 4.47 Å². The van der Waals surface area contributed by atoms with Gasteiger partial charge in [-0.2, -0.15) is 5.26 Å². The molecule has 19 heavy (non-hydrogen) atoms. The van der Waals surface area contributed by atoms with Crippen LogP contribution in [0.5, 0.6) is 5.75 Å². The number of halogens is 1. The minimum atomic E-state index is -0.542. The number of benzene rings is 1. The molecule has 1 saturated heterocycles. The number of hydrogen-bond donors (Lipinski definition) is 0. The first kappa shape index (κ1) is 13.8. The van der Waals surface area contributed by atoms with E-state index in [4.69, 9.17) is 14.7 Å². The Labute approximate surface area is 119 Å². The Morgan fingerprint density at radius 3 is 3.05 bits per heavy atom. The summed E-state index contributed by atoms with van der Waals surface area (Å²) in [5.41, 5.74) is 0.561. The van der Waals surface area contributed by atoms with Gasteiger partial charge in [0.15, 0.2) is 6.10 Å². The maximum absolute atomic E-state index is 12.3. The predicted octanol–water partition coefficient (Wildman–Crippen LogP) is 1.82. The largest absolute Gasteiger partial charge is 0.496 e. The van der Waals surface area contributed by atoms with E-state index in [0.29, 0.717) is 31.0 Å². The minimum Gasteiger partial charge on any atom is -0.496 e. The summed E-state index contributed by atoms with van der Waals surface area (Å²) in [5.74, 6) is 0.570. The van der Waals surface area contributed by atoms with Crippen LogP contribution in [-0.4, -0.2) is 43.7 Å². The Hall–Kier alpha value is -1.58. The van der Waals surface area contributed by atoms with Crippen LogP contribution in [0.1, 0.15) is 10.4 Å². The second kappa shape index (κ2) is 6.04. The molecule has 0 saturated carbocycles. The predicted molar refractivity (Wildman–Crippen MR) is 72.0 cm³/mol. The van der Waals surface area contributed by atoms with Crippen molar-refractivity contribution in [2.75, 3.05) is 26.8 Å². The summed E-state index contributed by atoms with van der Waals surface area (Å²) < 4.78 is 11.1. The van der Waals surface area contributed by atoms with E-state index in [1.54, 1.807) is 30.2 Å². The highest BCUT2D eigenvalue weighted by atomic mass is 79.9. The lowest BCUT2D eigenvalue weighted by Crippen LogP contribution is -2.45. The van der Waals surface area contributed by atoms with Crippen molar-refractivity contribution in [3.63, 3.8) is 0 Å². The second-order valence-corrected chi connectivity index (χ2v) is 4.94. The van der Waals surface area contributed by atoms with Crippen LogP contribution in [-0.2, 0) is 4.74 Å². The van der Waals surface area contributed by atoms with Crippen molar-refractivity contribution in [2.45, 2.75) is 6.10 Å². The van der Waals surface area contributed by atoms with Crippen molar-refractivity contribution < 1.29 is 14.3 Å². The molecular formula is C13H13BrN2O3. The molecule has 1 aromatic rings. The molecule has 0 aliphatic carbocycles. The molecule has 0 N–H and O–H groups in total. The van der Waals surface area contributed by atoms with Gasteiger partial charge in [-0.15, -0.1) is 0 Å². The number of hydrogen-bond acceptors (Lipinski definition) is 4. The van der Waals surface area contributed by atoms with Gasteiger partial charge in [0.05, 0.1) is 30.8 Å². The van der Waals surface area contributed by atoms with Crippen LogP contribution < -0.4 is 4.74 Å². The first-order valence-electron chi connectivity index (χ1n) is 5.79. The maximum atomic E-state index is 12.3. The molecule has 1 aliphatic heterocycles. The van der Waals surface area contributed by atoms with Crippen molar-refractivity contribution in [1.82, 2.24) is 4.90 Å². The van der Waals surface area contributed by atoms with Crippen molar-refractivity contribution in [3.05, 3.63) is 28.2 Å². The molecule has 2 rings (SSSR count). The van der Waals surface area contributed by atoms with Gasteiger partial charge in [-0.05, 0) is 34.1 Å². The number of carbonyl (C=O) groups excluding carboxylic acids is 1. The molecule has 1 atom stereocenters. The van der Waals surface area contributed by atoms with Gasteiger partial charge in [0.2, 0.25) is 0 Å². The quantitative estimate of drug-likeness (QED) is 0.832. The molecule has 1 aliphatic rings. The third-order valence-corrected chi connectivity index (χ3v) is 3.52. The summed E-state index contributed by atoms with van der Waals surface area (Å²) >= 11 is 3.35. The van der Waals surface area contributed by atoms with Crippen LogP contribution in [0.3, 0.4) is 0 Å². The normalized spacial score (nSPS) is 18.8. The summed E-state index contributed by atoms with van der Waals surface area (Å²) in [7, 11) is 1.57. The standard InChI is InChI=1S/C13H13BrN2O3/c1-18-12-3-2-9(6-11(12)14)13(17)16-4-5-19-10(7-15)8-16/h2-3,6,10H,4-5,8H2,1H3. The average molecular weight is 325 g/mol. The van der Waals surface area contributed by atoms with Crippen LogP contribution in [0.4, 0.5) is 0 Å². The fourth-order valence-corrected chi connectivity index (χ4v) is 2.43. The van der Waals surface area contributed by atoms with Crippen LogP contribution >= 0.6 is 15.9 Å². The highest BCUT2D eigenvalue weighted by molar-refractivity contribution is 9.10. The summed E-state index contributed by atoms with van der Waals surface area (Å²) in [5, 5.41) is 8.84. The third kappa shape index (κ3) is 3.06. The van der Waals surface area contributed by atoms with Gasteiger partial charge < -0.3 is 14.4 Å². The highest BCUT2D eigenvalue weighted by Gasteiger charge is 2.25. The monoisotopic (exact) mass is 324 g/mol. The number of methoxy groups -OCH3 is 1. The Morgan fingerprint density at radius 1 is 1.63 bits per heavy atom. The van der Waals surface area contributed by atoms with Crippen LogP contribution in [0, 0.1) is 11.3 Å². The van der Waals surface area contributed by atoms with Gasteiger partial charge in [-0.25, -0.2) is 0 Å². The van der Waals surface area contributed by atoms with Gasteiger partial charge in [-0.3, -0.25) is 4.79 Å². The maximum Gasteiger partial charge on any atom is 0.254 e. The van der Waals surface area contributed by atoms with E-state index in [-0.39, 0.29) is 5.91 Å². The van der Waals surface area contributed by atoms with Gasteiger partial charge >= 0.3 is 0 Å². The Balaban J connectivity index is 2.15. The number of amides is 1. The first-order valence-corrected chi connectivity index (χ1v) is 6.59. The van der Waals surface area contributed by atoms with E-state index >= 15 is 0 Å². The molecule has 5 nitrogen and oxygen atoms in total. The molecular weight excluding hydrogens is 312 g/mol. The first-order chi connectivity index (χ1) is 9.15. The number of nitriles is 1. The zero-order valence-corrected chi connectivity index (χ0v) is 12.0.